The summed E-state index contributed by atoms with van der Waals surface area (Å²) in [6.07, 6.45) is 0. The maximum atomic E-state index is 12.6. The number of hydrogen-bond donors (Lipinski definition) is 1. The van der Waals surface area contributed by atoms with Gasteiger partial charge in [0.15, 0.2) is 0 Å². The smallest absolute Gasteiger partial charge is 0.248 e. The Morgan fingerprint density at radius 2 is 1.65 bits per heavy atom. The van der Waals surface area contributed by atoms with Crippen molar-refractivity contribution in [2.24, 2.45) is 0 Å². The van der Waals surface area contributed by atoms with Gasteiger partial charge in [-0.25, -0.2) is 12.7 Å². The quantitative estimate of drug-likeness (QED) is 0.843. The van der Waals surface area contributed by atoms with E-state index in [4.69, 9.17) is 0 Å². The number of carbonyl (C=O) groups is 1. The number of aryl methyl sites for hydroxylation is 1. The zero-order valence-electron chi connectivity index (χ0n) is 15.7. The molecule has 0 aliphatic rings. The molecule has 0 spiro atoms. The predicted molar refractivity (Wildman–Crippen MR) is 105 cm³/mol. The van der Waals surface area contributed by atoms with Crippen LogP contribution >= 0.6 is 0 Å². The molecular formula is C19H25N3O3S. The molecule has 26 heavy (non-hydrogen) atoms. The Hall–Kier alpha value is -2.38. The third-order valence-corrected chi connectivity index (χ3v) is 6.13. The molecule has 0 saturated carbocycles. The third kappa shape index (κ3) is 4.23. The van der Waals surface area contributed by atoms with E-state index in [0.29, 0.717) is 11.3 Å². The number of rotatable bonds is 6. The minimum absolute atomic E-state index is 0.117. The Labute approximate surface area is 155 Å². The van der Waals surface area contributed by atoms with E-state index in [9.17, 15) is 13.2 Å². The fraction of sp³-hybridized carbons (Fsp3) is 0.316. The molecule has 2 aromatic rings. The number of nitrogens with one attached hydrogen (secondary N) is 1. The summed E-state index contributed by atoms with van der Waals surface area (Å²) in [6, 6.07) is 13.9. The van der Waals surface area contributed by atoms with Crippen LogP contribution in [0.15, 0.2) is 53.4 Å². The first kappa shape index (κ1) is 19.9. The first-order valence-corrected chi connectivity index (χ1v) is 9.71. The first-order chi connectivity index (χ1) is 12.1. The zero-order chi connectivity index (χ0) is 19.5. The van der Waals surface area contributed by atoms with E-state index in [1.807, 2.05) is 30.3 Å². The van der Waals surface area contributed by atoms with Crippen LogP contribution in [0.25, 0.3) is 0 Å². The normalized spacial score (nSPS) is 12.7. The molecule has 0 fully saturated rings. The summed E-state index contributed by atoms with van der Waals surface area (Å²) in [6.45, 7) is 3.50. The molecule has 0 saturated heterocycles. The molecule has 0 unspecified atom stereocenters. The molecule has 0 bridgehead atoms. The summed E-state index contributed by atoms with van der Waals surface area (Å²) in [5.41, 5.74) is 2.04. The van der Waals surface area contributed by atoms with Crippen LogP contribution in [0.3, 0.4) is 0 Å². The molecule has 0 aliphatic carbocycles. The fourth-order valence-electron chi connectivity index (χ4n) is 2.55. The van der Waals surface area contributed by atoms with Gasteiger partial charge in [-0.3, -0.25) is 4.79 Å². The van der Waals surface area contributed by atoms with E-state index in [1.54, 1.807) is 44.0 Å². The van der Waals surface area contributed by atoms with Crippen molar-refractivity contribution in [2.75, 3.05) is 31.4 Å². The average molecular weight is 375 g/mol. The Kier molecular flexibility index (Phi) is 6.05. The van der Waals surface area contributed by atoms with Gasteiger partial charge in [0, 0.05) is 32.5 Å². The van der Waals surface area contributed by atoms with Crippen LogP contribution in [0.1, 0.15) is 12.5 Å². The molecule has 0 radical (unpaired) electrons. The van der Waals surface area contributed by atoms with Gasteiger partial charge >= 0.3 is 0 Å². The SMILES string of the molecule is Cc1ccc(N[C@@H](C)C(=O)N(C)c2ccccc2)cc1S(=O)(=O)N(C)C. The zero-order valence-corrected chi connectivity index (χ0v) is 16.5. The van der Waals surface area contributed by atoms with Crippen molar-refractivity contribution < 1.29 is 13.2 Å². The number of benzene rings is 2. The summed E-state index contributed by atoms with van der Waals surface area (Å²) < 4.78 is 26.1. The minimum atomic E-state index is -3.55. The second kappa shape index (κ2) is 7.88. The summed E-state index contributed by atoms with van der Waals surface area (Å²) in [5.74, 6) is -0.117. The van der Waals surface area contributed by atoms with Crippen molar-refractivity contribution in [3.63, 3.8) is 0 Å². The van der Waals surface area contributed by atoms with Crippen LogP contribution in [-0.2, 0) is 14.8 Å². The van der Waals surface area contributed by atoms with Crippen LogP contribution in [0.2, 0.25) is 0 Å². The summed E-state index contributed by atoms with van der Waals surface area (Å²) in [5, 5.41) is 3.10. The van der Waals surface area contributed by atoms with E-state index in [2.05, 4.69) is 5.32 Å². The fourth-order valence-corrected chi connectivity index (χ4v) is 3.69. The van der Waals surface area contributed by atoms with Gasteiger partial charge in [0.25, 0.3) is 0 Å². The number of hydrogen-bond acceptors (Lipinski definition) is 4. The summed E-state index contributed by atoms with van der Waals surface area (Å²) in [4.78, 5) is 14.4. The molecule has 0 aromatic heterocycles. The molecule has 0 aliphatic heterocycles. The average Bonchev–Trinajstić information content (AvgIpc) is 2.62. The molecule has 1 atom stereocenters. The highest BCUT2D eigenvalue weighted by molar-refractivity contribution is 7.89. The molecule has 2 aromatic carbocycles. The van der Waals surface area contributed by atoms with Crippen molar-refractivity contribution in [1.29, 1.82) is 0 Å². The monoisotopic (exact) mass is 375 g/mol. The number of para-hydroxylation sites is 1. The van der Waals surface area contributed by atoms with Crippen molar-refractivity contribution in [1.82, 2.24) is 4.31 Å². The van der Waals surface area contributed by atoms with E-state index in [1.165, 1.54) is 18.4 Å². The standard InChI is InChI=1S/C19H25N3O3S/c1-14-11-12-16(13-18(14)26(24,25)21(3)4)20-15(2)19(23)22(5)17-9-7-6-8-10-17/h6-13,15,20H,1-5H3/t15-/m0/s1. The molecule has 6 nitrogen and oxygen atoms in total. The van der Waals surface area contributed by atoms with Gasteiger partial charge < -0.3 is 10.2 Å². The lowest BCUT2D eigenvalue weighted by Gasteiger charge is -2.23. The maximum absolute atomic E-state index is 12.6. The van der Waals surface area contributed by atoms with Crippen molar-refractivity contribution in [3.8, 4) is 0 Å². The van der Waals surface area contributed by atoms with Crippen LogP contribution in [0.4, 0.5) is 11.4 Å². The molecule has 1 amide bonds. The van der Waals surface area contributed by atoms with Gasteiger partial charge in [-0.15, -0.1) is 0 Å². The van der Waals surface area contributed by atoms with E-state index < -0.39 is 16.1 Å². The largest absolute Gasteiger partial charge is 0.374 e. The predicted octanol–water partition coefficient (Wildman–Crippen LogP) is 2.71. The van der Waals surface area contributed by atoms with Crippen LogP contribution in [-0.4, -0.2) is 45.8 Å². The lowest BCUT2D eigenvalue weighted by atomic mass is 10.2. The molecule has 140 valence electrons. The number of carbonyl (C=O) groups excluding carboxylic acids is 1. The van der Waals surface area contributed by atoms with E-state index >= 15 is 0 Å². The number of likely N-dealkylation sites (N-methyl/N-ethyl adjacent to an activating group) is 1. The maximum Gasteiger partial charge on any atom is 0.248 e. The van der Waals surface area contributed by atoms with Gasteiger partial charge in [0.2, 0.25) is 15.9 Å². The van der Waals surface area contributed by atoms with Crippen LogP contribution in [0, 0.1) is 6.92 Å². The van der Waals surface area contributed by atoms with Crippen LogP contribution < -0.4 is 10.2 Å². The Balaban J connectivity index is 2.22. The van der Waals surface area contributed by atoms with Crippen molar-refractivity contribution >= 4 is 27.3 Å². The lowest BCUT2D eigenvalue weighted by molar-refractivity contribution is -0.118. The Morgan fingerprint density at radius 3 is 2.23 bits per heavy atom. The molecular weight excluding hydrogens is 350 g/mol. The molecule has 1 N–H and O–H groups in total. The van der Waals surface area contributed by atoms with Gasteiger partial charge in [-0.1, -0.05) is 24.3 Å². The Morgan fingerprint density at radius 1 is 1.04 bits per heavy atom. The second-order valence-electron chi connectivity index (χ2n) is 6.37. The van der Waals surface area contributed by atoms with E-state index in [-0.39, 0.29) is 10.8 Å². The first-order valence-electron chi connectivity index (χ1n) is 8.27. The summed E-state index contributed by atoms with van der Waals surface area (Å²) >= 11 is 0. The van der Waals surface area contributed by atoms with Crippen molar-refractivity contribution in [2.45, 2.75) is 24.8 Å². The lowest BCUT2D eigenvalue weighted by Crippen LogP contribution is -2.39. The van der Waals surface area contributed by atoms with Gasteiger partial charge in [0.1, 0.15) is 6.04 Å². The molecule has 7 heteroatoms. The van der Waals surface area contributed by atoms with Crippen molar-refractivity contribution in [3.05, 3.63) is 54.1 Å². The summed E-state index contributed by atoms with van der Waals surface area (Å²) in [7, 11) is 1.16. The molecule has 2 rings (SSSR count). The second-order valence-corrected chi connectivity index (χ2v) is 8.49. The highest BCUT2D eigenvalue weighted by Gasteiger charge is 2.22. The molecule has 0 heterocycles. The minimum Gasteiger partial charge on any atom is -0.374 e. The Bertz CT molecular complexity index is 880. The number of amides is 1. The van der Waals surface area contributed by atoms with Gasteiger partial charge in [-0.05, 0) is 43.7 Å². The number of nitrogens with zero attached hydrogens (tertiary/aromatic N) is 2. The highest BCUT2D eigenvalue weighted by Crippen LogP contribution is 2.23. The number of sulfonamides is 1. The number of anilines is 2. The topological polar surface area (TPSA) is 69.7 Å². The highest BCUT2D eigenvalue weighted by atomic mass is 32.2. The van der Waals surface area contributed by atoms with E-state index in [0.717, 1.165) is 5.69 Å². The van der Waals surface area contributed by atoms with Gasteiger partial charge in [-0.2, -0.15) is 0 Å². The van der Waals surface area contributed by atoms with Gasteiger partial charge in [0.05, 0.1) is 4.90 Å². The third-order valence-electron chi connectivity index (χ3n) is 4.17. The van der Waals surface area contributed by atoms with Crippen LogP contribution in [0.5, 0.6) is 0 Å².